The molecule has 1 heteroatoms. The first-order valence-corrected chi connectivity index (χ1v) is 5.51. The quantitative estimate of drug-likeness (QED) is 0.774. The standard InChI is InChI=1S/C13H19N/c1-11(9-13(10-14)7-8-13)12-5-3-2-4-6-12/h2-6,11H,7-10,14H2,1H3. The molecule has 2 rings (SSSR count). The third kappa shape index (κ3) is 1.98. The zero-order valence-electron chi connectivity index (χ0n) is 8.87. The van der Waals surface area contributed by atoms with Crippen molar-refractivity contribution in [2.75, 3.05) is 6.54 Å². The Labute approximate surface area is 86.3 Å². The first kappa shape index (κ1) is 9.72. The molecule has 1 unspecified atom stereocenters. The van der Waals surface area contributed by atoms with Crippen molar-refractivity contribution in [1.29, 1.82) is 0 Å². The topological polar surface area (TPSA) is 26.0 Å². The summed E-state index contributed by atoms with van der Waals surface area (Å²) >= 11 is 0. The Morgan fingerprint density at radius 3 is 2.43 bits per heavy atom. The van der Waals surface area contributed by atoms with E-state index in [1.54, 1.807) is 0 Å². The fraction of sp³-hybridized carbons (Fsp3) is 0.538. The molecular weight excluding hydrogens is 170 g/mol. The first-order valence-electron chi connectivity index (χ1n) is 5.51. The van der Waals surface area contributed by atoms with Gasteiger partial charge in [0.1, 0.15) is 0 Å². The lowest BCUT2D eigenvalue weighted by molar-refractivity contribution is 0.437. The summed E-state index contributed by atoms with van der Waals surface area (Å²) in [5, 5.41) is 0. The van der Waals surface area contributed by atoms with Gasteiger partial charge in [0.2, 0.25) is 0 Å². The maximum absolute atomic E-state index is 5.80. The molecule has 1 aromatic carbocycles. The van der Waals surface area contributed by atoms with E-state index in [-0.39, 0.29) is 0 Å². The zero-order valence-corrected chi connectivity index (χ0v) is 8.87. The molecule has 1 atom stereocenters. The Balaban J connectivity index is 1.99. The van der Waals surface area contributed by atoms with Gasteiger partial charge in [0, 0.05) is 0 Å². The minimum absolute atomic E-state index is 0.495. The van der Waals surface area contributed by atoms with E-state index in [0.717, 1.165) is 6.54 Å². The molecule has 0 saturated heterocycles. The van der Waals surface area contributed by atoms with Gasteiger partial charge in [-0.3, -0.25) is 0 Å². The molecular formula is C13H19N. The lowest BCUT2D eigenvalue weighted by atomic mass is 9.88. The molecule has 0 amide bonds. The molecule has 1 aliphatic rings. The van der Waals surface area contributed by atoms with Gasteiger partial charge in [0.05, 0.1) is 0 Å². The van der Waals surface area contributed by atoms with Crippen LogP contribution in [-0.2, 0) is 0 Å². The van der Waals surface area contributed by atoms with Gasteiger partial charge in [-0.15, -0.1) is 0 Å². The van der Waals surface area contributed by atoms with E-state index in [4.69, 9.17) is 5.73 Å². The van der Waals surface area contributed by atoms with Gasteiger partial charge in [0.15, 0.2) is 0 Å². The first-order chi connectivity index (χ1) is 6.76. The van der Waals surface area contributed by atoms with Gasteiger partial charge in [-0.2, -0.15) is 0 Å². The minimum atomic E-state index is 0.495. The second-order valence-electron chi connectivity index (χ2n) is 4.72. The average Bonchev–Trinajstić information content (AvgIpc) is 3.00. The largest absolute Gasteiger partial charge is 0.330 e. The minimum Gasteiger partial charge on any atom is -0.330 e. The molecule has 1 aromatic rings. The van der Waals surface area contributed by atoms with Crippen molar-refractivity contribution in [2.45, 2.75) is 32.1 Å². The summed E-state index contributed by atoms with van der Waals surface area (Å²) in [4.78, 5) is 0. The van der Waals surface area contributed by atoms with Crippen LogP contribution < -0.4 is 5.73 Å². The van der Waals surface area contributed by atoms with Crippen LogP contribution in [0.3, 0.4) is 0 Å². The highest BCUT2D eigenvalue weighted by molar-refractivity contribution is 5.19. The van der Waals surface area contributed by atoms with Crippen molar-refractivity contribution < 1.29 is 0 Å². The Kier molecular flexibility index (Phi) is 2.60. The van der Waals surface area contributed by atoms with Crippen LogP contribution >= 0.6 is 0 Å². The van der Waals surface area contributed by atoms with Gasteiger partial charge in [0.25, 0.3) is 0 Å². The summed E-state index contributed by atoms with van der Waals surface area (Å²) in [6.45, 7) is 3.18. The van der Waals surface area contributed by atoms with E-state index in [9.17, 15) is 0 Å². The fourth-order valence-electron chi connectivity index (χ4n) is 2.22. The van der Waals surface area contributed by atoms with Crippen LogP contribution in [0.1, 0.15) is 37.7 Å². The Bertz CT molecular complexity index is 287. The number of hydrogen-bond acceptors (Lipinski definition) is 1. The van der Waals surface area contributed by atoms with Crippen LogP contribution in [0, 0.1) is 5.41 Å². The van der Waals surface area contributed by atoms with Gasteiger partial charge in [-0.25, -0.2) is 0 Å². The van der Waals surface area contributed by atoms with E-state index >= 15 is 0 Å². The number of benzene rings is 1. The zero-order chi connectivity index (χ0) is 10.0. The predicted octanol–water partition coefficient (Wildman–Crippen LogP) is 2.92. The number of rotatable bonds is 4. The van der Waals surface area contributed by atoms with Crippen LogP contribution in [0.4, 0.5) is 0 Å². The van der Waals surface area contributed by atoms with Gasteiger partial charge >= 0.3 is 0 Å². The van der Waals surface area contributed by atoms with Crippen LogP contribution in [0.25, 0.3) is 0 Å². The molecule has 0 radical (unpaired) electrons. The summed E-state index contributed by atoms with van der Waals surface area (Å²) in [6.07, 6.45) is 3.93. The molecule has 0 aromatic heterocycles. The van der Waals surface area contributed by atoms with Crippen molar-refractivity contribution in [3.05, 3.63) is 35.9 Å². The smallest absolute Gasteiger partial charge is 0.00203 e. The fourth-order valence-corrected chi connectivity index (χ4v) is 2.22. The maximum atomic E-state index is 5.80. The predicted molar refractivity (Wildman–Crippen MR) is 60.2 cm³/mol. The maximum Gasteiger partial charge on any atom is -0.00203 e. The highest BCUT2D eigenvalue weighted by atomic mass is 14.7. The second kappa shape index (κ2) is 3.74. The van der Waals surface area contributed by atoms with Gasteiger partial charge in [-0.1, -0.05) is 37.3 Å². The third-order valence-electron chi connectivity index (χ3n) is 3.50. The monoisotopic (exact) mass is 189 g/mol. The molecule has 1 saturated carbocycles. The van der Waals surface area contributed by atoms with E-state index < -0.39 is 0 Å². The van der Waals surface area contributed by atoms with E-state index in [2.05, 4.69) is 37.3 Å². The summed E-state index contributed by atoms with van der Waals surface area (Å²) < 4.78 is 0. The number of hydrogen-bond donors (Lipinski definition) is 1. The molecule has 0 bridgehead atoms. The summed E-state index contributed by atoms with van der Waals surface area (Å²) in [6, 6.07) is 10.8. The van der Waals surface area contributed by atoms with E-state index in [1.165, 1.54) is 24.8 Å². The highest BCUT2D eigenvalue weighted by Gasteiger charge is 2.41. The molecule has 1 fully saturated rings. The van der Waals surface area contributed by atoms with Crippen LogP contribution in [-0.4, -0.2) is 6.54 Å². The molecule has 1 aliphatic carbocycles. The van der Waals surface area contributed by atoms with Gasteiger partial charge < -0.3 is 5.73 Å². The van der Waals surface area contributed by atoms with Crippen molar-refractivity contribution in [1.82, 2.24) is 0 Å². The lowest BCUT2D eigenvalue weighted by Crippen LogP contribution is -2.17. The number of nitrogens with two attached hydrogens (primary N) is 1. The SMILES string of the molecule is CC(CC1(CN)CC1)c1ccccc1. The lowest BCUT2D eigenvalue weighted by Gasteiger charge is -2.18. The van der Waals surface area contributed by atoms with E-state index in [1.807, 2.05) is 0 Å². The Morgan fingerprint density at radius 2 is 1.93 bits per heavy atom. The summed E-state index contributed by atoms with van der Waals surface area (Å²) in [5.41, 5.74) is 7.74. The molecule has 0 spiro atoms. The Morgan fingerprint density at radius 1 is 1.29 bits per heavy atom. The van der Waals surface area contributed by atoms with Crippen molar-refractivity contribution in [3.63, 3.8) is 0 Å². The van der Waals surface area contributed by atoms with Crippen molar-refractivity contribution >= 4 is 0 Å². The average molecular weight is 189 g/mol. The summed E-state index contributed by atoms with van der Waals surface area (Å²) in [7, 11) is 0. The van der Waals surface area contributed by atoms with Gasteiger partial charge in [-0.05, 0) is 42.7 Å². The van der Waals surface area contributed by atoms with Crippen LogP contribution in [0.5, 0.6) is 0 Å². The van der Waals surface area contributed by atoms with Crippen LogP contribution in [0.2, 0.25) is 0 Å². The molecule has 2 N–H and O–H groups in total. The Hall–Kier alpha value is -0.820. The molecule has 0 aliphatic heterocycles. The highest BCUT2D eigenvalue weighted by Crippen LogP contribution is 2.51. The van der Waals surface area contributed by atoms with Crippen molar-refractivity contribution in [3.8, 4) is 0 Å². The third-order valence-corrected chi connectivity index (χ3v) is 3.50. The molecule has 0 heterocycles. The van der Waals surface area contributed by atoms with Crippen LogP contribution in [0.15, 0.2) is 30.3 Å². The second-order valence-corrected chi connectivity index (χ2v) is 4.72. The van der Waals surface area contributed by atoms with E-state index in [0.29, 0.717) is 11.3 Å². The molecule has 76 valence electrons. The molecule has 14 heavy (non-hydrogen) atoms. The molecule has 1 nitrogen and oxygen atoms in total. The normalized spacial score (nSPS) is 20.4. The summed E-state index contributed by atoms with van der Waals surface area (Å²) in [5.74, 6) is 0.655. The van der Waals surface area contributed by atoms with Crippen molar-refractivity contribution in [2.24, 2.45) is 11.1 Å².